The van der Waals surface area contributed by atoms with Crippen molar-refractivity contribution in [1.29, 1.82) is 0 Å². The lowest BCUT2D eigenvalue weighted by Crippen LogP contribution is -2.12. The first-order chi connectivity index (χ1) is 13.5. The van der Waals surface area contributed by atoms with Crippen LogP contribution in [0.1, 0.15) is 18.6 Å². The quantitative estimate of drug-likeness (QED) is 0.503. The Morgan fingerprint density at radius 2 is 1.79 bits per heavy atom. The van der Waals surface area contributed by atoms with E-state index in [0.717, 1.165) is 0 Å². The fraction of sp³-hybridized carbons (Fsp3) is 0.200. The zero-order chi connectivity index (χ0) is 20.1. The first kappa shape index (κ1) is 19.2. The predicted octanol–water partition coefficient (Wildman–Crippen LogP) is 3.25. The van der Waals surface area contributed by atoms with Gasteiger partial charge in [-0.2, -0.15) is 0 Å². The molecule has 3 aromatic rings. The molecule has 8 heteroatoms. The molecule has 8 nitrogen and oxygen atoms in total. The minimum Gasteiger partial charge on any atom is -0.493 e. The van der Waals surface area contributed by atoms with E-state index in [-0.39, 0.29) is 24.7 Å². The maximum Gasteiger partial charge on any atom is 0.326 e. The molecule has 144 valence electrons. The van der Waals surface area contributed by atoms with Gasteiger partial charge in [-0.25, -0.2) is 0 Å². The monoisotopic (exact) mass is 381 g/mol. The van der Waals surface area contributed by atoms with Gasteiger partial charge >= 0.3 is 5.97 Å². The van der Waals surface area contributed by atoms with Gasteiger partial charge in [-0.3, -0.25) is 14.2 Å². The van der Waals surface area contributed by atoms with Crippen LogP contribution in [-0.4, -0.2) is 33.3 Å². The summed E-state index contributed by atoms with van der Waals surface area (Å²) in [7, 11) is 0. The molecule has 0 spiro atoms. The van der Waals surface area contributed by atoms with Crippen molar-refractivity contribution in [3.63, 3.8) is 0 Å². The Kier molecular flexibility index (Phi) is 5.81. The molecule has 0 aliphatic heterocycles. The van der Waals surface area contributed by atoms with Gasteiger partial charge in [0.2, 0.25) is 5.88 Å². The normalized spacial score (nSPS) is 12.4. The van der Waals surface area contributed by atoms with E-state index in [4.69, 9.17) is 4.74 Å². The maximum absolute atomic E-state index is 12.2. The van der Waals surface area contributed by atoms with E-state index in [2.05, 4.69) is 10.2 Å². The highest BCUT2D eigenvalue weighted by atomic mass is 16.5. The van der Waals surface area contributed by atoms with Crippen LogP contribution >= 0.6 is 0 Å². The zero-order valence-electron chi connectivity index (χ0n) is 15.1. The summed E-state index contributed by atoms with van der Waals surface area (Å²) in [4.78, 5) is 24.0. The molecule has 1 amide bonds. The van der Waals surface area contributed by atoms with Crippen molar-refractivity contribution in [2.24, 2.45) is 10.2 Å². The standard InChI is InChI=1S/C20H19N3O5/c1-2-28-16(24)12-23-15-11-7-6-10-14(15)17(20(23)27)21-22-19(26)18(25)13-8-4-3-5-9-13/h3-11,18,25,27H,2,12H2,1H3/t18-/m0/s1. The van der Waals surface area contributed by atoms with Gasteiger partial charge in [0.05, 0.1) is 12.1 Å². The van der Waals surface area contributed by atoms with Crippen LogP contribution in [-0.2, 0) is 20.9 Å². The Balaban J connectivity index is 1.92. The number of rotatable bonds is 6. The van der Waals surface area contributed by atoms with Gasteiger partial charge in [0, 0.05) is 5.39 Å². The Morgan fingerprint density at radius 1 is 1.11 bits per heavy atom. The van der Waals surface area contributed by atoms with Crippen molar-refractivity contribution >= 4 is 28.5 Å². The number of esters is 1. The molecular weight excluding hydrogens is 362 g/mol. The van der Waals surface area contributed by atoms with Crippen LogP contribution in [0.5, 0.6) is 5.88 Å². The van der Waals surface area contributed by atoms with E-state index in [1.54, 1.807) is 61.5 Å². The molecule has 0 fully saturated rings. The van der Waals surface area contributed by atoms with Crippen LogP contribution in [0.4, 0.5) is 5.69 Å². The molecule has 1 atom stereocenters. The Morgan fingerprint density at radius 3 is 2.50 bits per heavy atom. The molecule has 3 rings (SSSR count). The van der Waals surface area contributed by atoms with Crippen molar-refractivity contribution in [3.05, 3.63) is 60.2 Å². The third kappa shape index (κ3) is 3.91. The van der Waals surface area contributed by atoms with Crippen molar-refractivity contribution in [1.82, 2.24) is 4.57 Å². The third-order valence-corrected chi connectivity index (χ3v) is 4.11. The lowest BCUT2D eigenvalue weighted by Gasteiger charge is -2.06. The Bertz CT molecular complexity index is 1030. The number of para-hydroxylation sites is 1. The average Bonchev–Trinajstić information content (AvgIpc) is 2.97. The summed E-state index contributed by atoms with van der Waals surface area (Å²) in [5.41, 5.74) is 0.965. The van der Waals surface area contributed by atoms with E-state index in [1.165, 1.54) is 4.57 Å². The number of azo groups is 1. The van der Waals surface area contributed by atoms with Crippen LogP contribution in [0, 0.1) is 0 Å². The summed E-state index contributed by atoms with van der Waals surface area (Å²) in [5, 5.41) is 28.5. The van der Waals surface area contributed by atoms with Gasteiger partial charge in [0.15, 0.2) is 11.8 Å². The first-order valence-electron chi connectivity index (χ1n) is 8.67. The number of carbonyl (C=O) groups is 2. The van der Waals surface area contributed by atoms with Crippen LogP contribution in [0.2, 0.25) is 0 Å². The number of aliphatic hydroxyl groups is 1. The van der Waals surface area contributed by atoms with Gasteiger partial charge in [-0.05, 0) is 18.6 Å². The molecule has 2 aromatic carbocycles. The number of ether oxygens (including phenoxy) is 1. The molecule has 28 heavy (non-hydrogen) atoms. The average molecular weight is 381 g/mol. The summed E-state index contributed by atoms with van der Waals surface area (Å²) in [6.45, 7) is 1.70. The van der Waals surface area contributed by atoms with Crippen molar-refractivity contribution in [3.8, 4) is 5.88 Å². The fourth-order valence-electron chi connectivity index (χ4n) is 2.80. The highest BCUT2D eigenvalue weighted by Gasteiger charge is 2.21. The zero-order valence-corrected chi connectivity index (χ0v) is 15.1. The highest BCUT2D eigenvalue weighted by molar-refractivity contribution is 5.96. The molecule has 0 aliphatic rings. The summed E-state index contributed by atoms with van der Waals surface area (Å²) in [6, 6.07) is 15.2. The Labute approximate surface area is 160 Å². The van der Waals surface area contributed by atoms with Crippen LogP contribution in [0.25, 0.3) is 10.9 Å². The lowest BCUT2D eigenvalue weighted by molar-refractivity contribution is -0.143. The maximum atomic E-state index is 12.2. The summed E-state index contributed by atoms with van der Waals surface area (Å²) >= 11 is 0. The first-order valence-corrected chi connectivity index (χ1v) is 8.67. The summed E-state index contributed by atoms with van der Waals surface area (Å²) < 4.78 is 6.26. The second kappa shape index (κ2) is 8.45. The largest absolute Gasteiger partial charge is 0.493 e. The molecule has 0 radical (unpaired) electrons. The van der Waals surface area contributed by atoms with Crippen LogP contribution < -0.4 is 0 Å². The van der Waals surface area contributed by atoms with Gasteiger partial charge in [-0.1, -0.05) is 48.5 Å². The van der Waals surface area contributed by atoms with Gasteiger partial charge in [0.25, 0.3) is 5.91 Å². The number of fused-ring (bicyclic) bond motifs is 1. The molecule has 0 saturated heterocycles. The number of nitrogens with zero attached hydrogens (tertiary/aromatic N) is 3. The molecule has 2 N–H and O–H groups in total. The molecule has 0 unspecified atom stereocenters. The van der Waals surface area contributed by atoms with Gasteiger partial charge < -0.3 is 14.9 Å². The molecule has 1 aromatic heterocycles. The van der Waals surface area contributed by atoms with Crippen molar-refractivity contribution in [2.45, 2.75) is 19.6 Å². The number of hydrogen-bond acceptors (Lipinski definition) is 6. The summed E-state index contributed by atoms with van der Waals surface area (Å²) in [5.74, 6) is -1.70. The third-order valence-electron chi connectivity index (χ3n) is 4.11. The SMILES string of the molecule is CCOC(=O)Cn1c(O)c(N=NC(=O)[C@@H](O)c2ccccc2)c2ccccc21. The molecule has 1 heterocycles. The number of benzene rings is 2. The van der Waals surface area contributed by atoms with E-state index in [1.807, 2.05) is 0 Å². The van der Waals surface area contributed by atoms with Crippen molar-refractivity contribution in [2.75, 3.05) is 6.61 Å². The molecule has 0 bridgehead atoms. The number of hydrogen-bond donors (Lipinski definition) is 2. The lowest BCUT2D eigenvalue weighted by atomic mass is 10.1. The van der Waals surface area contributed by atoms with Gasteiger partial charge in [0.1, 0.15) is 6.54 Å². The van der Waals surface area contributed by atoms with Crippen LogP contribution in [0.15, 0.2) is 64.8 Å². The number of aromatic nitrogens is 1. The topological polar surface area (TPSA) is 113 Å². The smallest absolute Gasteiger partial charge is 0.326 e. The van der Waals surface area contributed by atoms with E-state index >= 15 is 0 Å². The number of aliphatic hydroxyl groups excluding tert-OH is 1. The van der Waals surface area contributed by atoms with E-state index in [0.29, 0.717) is 16.5 Å². The minimum absolute atomic E-state index is 0.0357. The number of aromatic hydroxyl groups is 1. The second-order valence-electron chi connectivity index (χ2n) is 5.93. The summed E-state index contributed by atoms with van der Waals surface area (Å²) in [6.07, 6.45) is -1.46. The molecular formula is C20H19N3O5. The van der Waals surface area contributed by atoms with Crippen molar-refractivity contribution < 1.29 is 24.5 Å². The predicted molar refractivity (Wildman–Crippen MR) is 101 cm³/mol. The number of amides is 1. The number of carbonyl (C=O) groups excluding carboxylic acids is 2. The van der Waals surface area contributed by atoms with Crippen LogP contribution in [0.3, 0.4) is 0 Å². The molecule has 0 aliphatic carbocycles. The highest BCUT2D eigenvalue weighted by Crippen LogP contribution is 2.38. The Hall–Kier alpha value is -3.52. The minimum atomic E-state index is -1.46. The molecule has 0 saturated carbocycles. The second-order valence-corrected chi connectivity index (χ2v) is 5.93. The van der Waals surface area contributed by atoms with E-state index < -0.39 is 18.0 Å². The van der Waals surface area contributed by atoms with Gasteiger partial charge in [-0.15, -0.1) is 10.2 Å². The fourth-order valence-corrected chi connectivity index (χ4v) is 2.80. The van der Waals surface area contributed by atoms with E-state index in [9.17, 15) is 19.8 Å².